The van der Waals surface area contributed by atoms with Gasteiger partial charge in [-0.15, -0.1) is 0 Å². The second-order valence-electron chi connectivity index (χ2n) is 5.62. The van der Waals surface area contributed by atoms with Crippen LogP contribution < -0.4 is 5.32 Å². The van der Waals surface area contributed by atoms with Crippen LogP contribution in [0.5, 0.6) is 0 Å². The minimum atomic E-state index is -3.58. The number of nitrogens with one attached hydrogen (secondary N) is 1. The van der Waals surface area contributed by atoms with Crippen LogP contribution >= 0.6 is 0 Å². The van der Waals surface area contributed by atoms with E-state index in [4.69, 9.17) is 9.15 Å². The number of ether oxygens (including phenoxy) is 1. The summed E-state index contributed by atoms with van der Waals surface area (Å²) in [4.78, 5) is 0. The highest BCUT2D eigenvalue weighted by Crippen LogP contribution is 2.21. The maximum Gasteiger partial charge on any atom is 0.276 e. The summed E-state index contributed by atoms with van der Waals surface area (Å²) < 4.78 is 36.7. The highest BCUT2D eigenvalue weighted by Gasteiger charge is 2.25. The summed E-state index contributed by atoms with van der Waals surface area (Å²) >= 11 is 0. The van der Waals surface area contributed by atoms with Gasteiger partial charge in [0.1, 0.15) is 5.76 Å². The molecule has 1 aliphatic rings. The smallest absolute Gasteiger partial charge is 0.276 e. The van der Waals surface area contributed by atoms with Crippen molar-refractivity contribution in [2.45, 2.75) is 50.5 Å². The van der Waals surface area contributed by atoms with E-state index >= 15 is 0 Å². The van der Waals surface area contributed by atoms with E-state index in [9.17, 15) is 8.42 Å². The van der Waals surface area contributed by atoms with E-state index in [0.29, 0.717) is 31.5 Å². The Balaban J connectivity index is 1.90. The number of hydrogen-bond acceptors (Lipinski definition) is 5. The molecule has 0 aromatic carbocycles. The van der Waals surface area contributed by atoms with Crippen LogP contribution in [0.2, 0.25) is 0 Å². The largest absolute Gasteiger partial charge is 0.447 e. The van der Waals surface area contributed by atoms with Crippen molar-refractivity contribution >= 4 is 10.0 Å². The van der Waals surface area contributed by atoms with Gasteiger partial charge in [0.25, 0.3) is 10.0 Å². The molecule has 0 bridgehead atoms. The summed E-state index contributed by atoms with van der Waals surface area (Å²) in [7, 11) is -2.05. The number of likely N-dealkylation sites (N-methyl/N-ethyl adjacent to an activating group) is 1. The molecule has 6 nitrogen and oxygen atoms in total. The van der Waals surface area contributed by atoms with E-state index in [1.54, 1.807) is 6.07 Å². The van der Waals surface area contributed by atoms with Crippen molar-refractivity contribution in [2.24, 2.45) is 0 Å². The molecule has 1 N–H and O–H groups in total. The summed E-state index contributed by atoms with van der Waals surface area (Å²) in [5.74, 6) is 0.646. The van der Waals surface area contributed by atoms with Crippen molar-refractivity contribution in [3.63, 3.8) is 0 Å². The SMILES string of the molecule is CC(C)OCCN(C)S(=O)(=O)c1ccc(CNC2CC2)o1. The summed E-state index contributed by atoms with van der Waals surface area (Å²) in [6.07, 6.45) is 2.46. The number of furan rings is 1. The first kappa shape index (κ1) is 16.5. The van der Waals surface area contributed by atoms with E-state index in [2.05, 4.69) is 5.32 Å². The Hall–Kier alpha value is -0.890. The van der Waals surface area contributed by atoms with Crippen LogP contribution in [0.25, 0.3) is 0 Å². The molecule has 21 heavy (non-hydrogen) atoms. The molecule has 0 unspecified atom stereocenters. The van der Waals surface area contributed by atoms with Crippen LogP contribution in [0.15, 0.2) is 21.6 Å². The zero-order valence-electron chi connectivity index (χ0n) is 12.8. The Bertz CT molecular complexity index is 549. The molecule has 0 aliphatic heterocycles. The topological polar surface area (TPSA) is 71.8 Å². The lowest BCUT2D eigenvalue weighted by atomic mass is 10.4. The summed E-state index contributed by atoms with van der Waals surface area (Å²) in [5, 5.41) is 3.28. The Morgan fingerprint density at radius 3 is 2.76 bits per heavy atom. The van der Waals surface area contributed by atoms with Crippen LogP contribution in [0.3, 0.4) is 0 Å². The molecule has 1 fully saturated rings. The molecule has 0 atom stereocenters. The van der Waals surface area contributed by atoms with Gasteiger partial charge in [-0.2, -0.15) is 4.31 Å². The second-order valence-corrected chi connectivity index (χ2v) is 7.60. The predicted octanol–water partition coefficient (Wildman–Crippen LogP) is 1.58. The first-order valence-corrected chi connectivity index (χ1v) is 8.73. The Morgan fingerprint density at radius 1 is 1.43 bits per heavy atom. The quantitative estimate of drug-likeness (QED) is 0.749. The normalized spacial score (nSPS) is 16.0. The standard InChI is InChI=1S/C14H24N2O4S/c1-11(2)19-9-8-16(3)21(17,18)14-7-6-13(20-14)10-15-12-4-5-12/h6-7,11-12,15H,4-5,8-10H2,1-3H3. The first-order chi connectivity index (χ1) is 9.89. The first-order valence-electron chi connectivity index (χ1n) is 7.29. The molecule has 0 amide bonds. The number of hydrogen-bond donors (Lipinski definition) is 1. The summed E-state index contributed by atoms with van der Waals surface area (Å²) in [5.41, 5.74) is 0. The number of sulfonamides is 1. The third-order valence-corrected chi connectivity index (χ3v) is 5.03. The van der Waals surface area contributed by atoms with E-state index in [1.807, 2.05) is 13.8 Å². The lowest BCUT2D eigenvalue weighted by Crippen LogP contribution is -2.30. The van der Waals surface area contributed by atoms with Crippen LogP contribution in [0.1, 0.15) is 32.4 Å². The second kappa shape index (κ2) is 6.91. The molecule has 7 heteroatoms. The third kappa shape index (κ3) is 4.81. The van der Waals surface area contributed by atoms with Crippen molar-refractivity contribution < 1.29 is 17.6 Å². The van der Waals surface area contributed by atoms with Gasteiger partial charge >= 0.3 is 0 Å². The monoisotopic (exact) mass is 316 g/mol. The molecule has 0 radical (unpaired) electrons. The molecule has 1 heterocycles. The fourth-order valence-corrected chi connectivity index (χ4v) is 2.89. The van der Waals surface area contributed by atoms with Crippen LogP contribution in [-0.2, 0) is 21.3 Å². The summed E-state index contributed by atoms with van der Waals surface area (Å²) in [6, 6.07) is 3.78. The van der Waals surface area contributed by atoms with Gasteiger partial charge < -0.3 is 14.5 Å². The molecule has 1 aromatic heterocycles. The van der Waals surface area contributed by atoms with Crippen molar-refractivity contribution in [1.82, 2.24) is 9.62 Å². The fraction of sp³-hybridized carbons (Fsp3) is 0.714. The van der Waals surface area contributed by atoms with Crippen molar-refractivity contribution in [1.29, 1.82) is 0 Å². The molecule has 1 aliphatic carbocycles. The molecular formula is C14H24N2O4S. The lowest BCUT2D eigenvalue weighted by Gasteiger charge is -2.16. The van der Waals surface area contributed by atoms with Gasteiger partial charge in [-0.1, -0.05) is 0 Å². The molecular weight excluding hydrogens is 292 g/mol. The lowest BCUT2D eigenvalue weighted by molar-refractivity contribution is 0.0735. The molecule has 2 rings (SSSR count). The molecule has 1 aromatic rings. The number of rotatable bonds is 9. The van der Waals surface area contributed by atoms with Gasteiger partial charge in [0.15, 0.2) is 0 Å². The van der Waals surface area contributed by atoms with E-state index in [-0.39, 0.29) is 11.2 Å². The van der Waals surface area contributed by atoms with Gasteiger partial charge in [-0.25, -0.2) is 8.42 Å². The third-order valence-electron chi connectivity index (χ3n) is 3.30. The van der Waals surface area contributed by atoms with Crippen molar-refractivity contribution in [2.75, 3.05) is 20.2 Å². The summed E-state index contributed by atoms with van der Waals surface area (Å²) in [6.45, 7) is 5.07. The van der Waals surface area contributed by atoms with Gasteiger partial charge in [0.2, 0.25) is 5.09 Å². The highest BCUT2D eigenvalue weighted by atomic mass is 32.2. The number of nitrogens with zero attached hydrogens (tertiary/aromatic N) is 1. The average Bonchev–Trinajstić information content (AvgIpc) is 3.12. The highest BCUT2D eigenvalue weighted by molar-refractivity contribution is 7.89. The zero-order chi connectivity index (χ0) is 15.5. The molecule has 0 saturated heterocycles. The Labute approximate surface area is 126 Å². The predicted molar refractivity (Wildman–Crippen MR) is 79.5 cm³/mol. The Kier molecular flexibility index (Phi) is 5.43. The maximum atomic E-state index is 12.3. The van der Waals surface area contributed by atoms with Gasteiger partial charge in [-0.05, 0) is 38.8 Å². The van der Waals surface area contributed by atoms with Crippen molar-refractivity contribution in [3.05, 3.63) is 17.9 Å². The van der Waals surface area contributed by atoms with E-state index in [0.717, 1.165) is 0 Å². The van der Waals surface area contributed by atoms with E-state index < -0.39 is 10.0 Å². The van der Waals surface area contributed by atoms with Crippen molar-refractivity contribution in [3.8, 4) is 0 Å². The van der Waals surface area contributed by atoms with Gasteiger partial charge in [-0.3, -0.25) is 0 Å². The Morgan fingerprint density at radius 2 is 2.14 bits per heavy atom. The van der Waals surface area contributed by atoms with E-state index in [1.165, 1.54) is 30.3 Å². The maximum absolute atomic E-state index is 12.3. The zero-order valence-corrected chi connectivity index (χ0v) is 13.6. The minimum absolute atomic E-state index is 0.0119. The van der Waals surface area contributed by atoms with Crippen LogP contribution in [0.4, 0.5) is 0 Å². The minimum Gasteiger partial charge on any atom is -0.447 e. The average molecular weight is 316 g/mol. The van der Waals surface area contributed by atoms with Gasteiger partial charge in [0.05, 0.1) is 19.3 Å². The fourth-order valence-electron chi connectivity index (χ4n) is 1.82. The van der Waals surface area contributed by atoms with Gasteiger partial charge in [0, 0.05) is 19.6 Å². The molecule has 1 saturated carbocycles. The van der Waals surface area contributed by atoms with Crippen LogP contribution in [0, 0.1) is 0 Å². The molecule has 120 valence electrons. The van der Waals surface area contributed by atoms with Crippen LogP contribution in [-0.4, -0.2) is 45.1 Å². The molecule has 0 spiro atoms.